The van der Waals surface area contributed by atoms with Crippen LogP contribution in [0.4, 0.5) is 17.6 Å². The standard InChI is InChI=1S/C25H24F4N2O3/c1-14(10-16-11-18(12-16)24(33)34)30-23(32)21-20(26)7-4-17-8-9-31(22(17)21)13-15-2-5-19(6-3-15)25(27,28)29/h2-9,14,16,18H,10-13H2,1H3,(H,30,32)(H,33,34). The maximum atomic E-state index is 14.8. The summed E-state index contributed by atoms with van der Waals surface area (Å²) in [7, 11) is 0. The summed E-state index contributed by atoms with van der Waals surface area (Å²) in [5, 5.41) is 12.5. The van der Waals surface area contributed by atoms with E-state index in [2.05, 4.69) is 5.32 Å². The lowest BCUT2D eigenvalue weighted by atomic mass is 9.72. The number of aliphatic carboxylic acids is 1. The maximum absolute atomic E-state index is 14.8. The molecule has 180 valence electrons. The van der Waals surface area contributed by atoms with Crippen LogP contribution in [0.3, 0.4) is 0 Å². The van der Waals surface area contributed by atoms with Crippen molar-refractivity contribution in [3.8, 4) is 0 Å². The van der Waals surface area contributed by atoms with Crippen molar-refractivity contribution in [3.63, 3.8) is 0 Å². The Kier molecular flexibility index (Phi) is 6.38. The number of carboxylic acids is 1. The predicted octanol–water partition coefficient (Wildman–Crippen LogP) is 5.47. The third kappa shape index (κ3) is 4.93. The van der Waals surface area contributed by atoms with E-state index in [1.807, 2.05) is 0 Å². The van der Waals surface area contributed by atoms with Gasteiger partial charge in [0.1, 0.15) is 5.82 Å². The van der Waals surface area contributed by atoms with Gasteiger partial charge in [-0.1, -0.05) is 12.1 Å². The molecule has 34 heavy (non-hydrogen) atoms. The average molecular weight is 476 g/mol. The minimum atomic E-state index is -4.43. The van der Waals surface area contributed by atoms with Gasteiger partial charge >= 0.3 is 12.1 Å². The number of benzene rings is 2. The highest BCUT2D eigenvalue weighted by molar-refractivity contribution is 6.06. The number of hydrogen-bond donors (Lipinski definition) is 2. The molecular formula is C25H24F4N2O3. The molecule has 1 unspecified atom stereocenters. The van der Waals surface area contributed by atoms with Crippen LogP contribution in [0, 0.1) is 17.7 Å². The molecule has 1 atom stereocenters. The number of carboxylic acid groups (broad SMARTS) is 1. The van der Waals surface area contributed by atoms with E-state index in [4.69, 9.17) is 5.11 Å². The first-order valence-electron chi connectivity index (χ1n) is 11.0. The highest BCUT2D eigenvalue weighted by atomic mass is 19.4. The summed E-state index contributed by atoms with van der Waals surface area (Å²) >= 11 is 0. The van der Waals surface area contributed by atoms with Crippen molar-refractivity contribution in [2.45, 2.75) is 44.9 Å². The van der Waals surface area contributed by atoms with Gasteiger partial charge in [0.2, 0.25) is 0 Å². The average Bonchev–Trinajstić information content (AvgIpc) is 3.12. The monoisotopic (exact) mass is 476 g/mol. The quantitative estimate of drug-likeness (QED) is 0.445. The molecule has 1 amide bonds. The molecule has 1 saturated carbocycles. The molecule has 1 aliphatic carbocycles. The third-order valence-corrected chi connectivity index (χ3v) is 6.39. The topological polar surface area (TPSA) is 71.3 Å². The van der Waals surface area contributed by atoms with Gasteiger partial charge in [-0.05, 0) is 68.0 Å². The van der Waals surface area contributed by atoms with E-state index < -0.39 is 29.4 Å². The smallest absolute Gasteiger partial charge is 0.416 e. The zero-order valence-electron chi connectivity index (χ0n) is 18.4. The number of halogens is 4. The van der Waals surface area contributed by atoms with E-state index in [1.165, 1.54) is 18.2 Å². The normalized spacial score (nSPS) is 19.0. The fourth-order valence-electron chi connectivity index (χ4n) is 4.60. The van der Waals surface area contributed by atoms with Crippen molar-refractivity contribution in [1.82, 2.24) is 9.88 Å². The van der Waals surface area contributed by atoms with Gasteiger partial charge in [0.15, 0.2) is 0 Å². The van der Waals surface area contributed by atoms with E-state index in [0.717, 1.165) is 12.1 Å². The van der Waals surface area contributed by atoms with E-state index >= 15 is 0 Å². The molecule has 0 bridgehead atoms. The molecule has 1 heterocycles. The first-order chi connectivity index (χ1) is 16.0. The Morgan fingerprint density at radius 3 is 2.41 bits per heavy atom. The number of carbonyl (C=O) groups excluding carboxylic acids is 1. The van der Waals surface area contributed by atoms with Crippen LogP contribution in [-0.2, 0) is 17.5 Å². The molecule has 2 aromatic carbocycles. The minimum Gasteiger partial charge on any atom is -0.481 e. The maximum Gasteiger partial charge on any atom is 0.416 e. The molecular weight excluding hydrogens is 452 g/mol. The number of hydrogen-bond acceptors (Lipinski definition) is 2. The molecule has 0 spiro atoms. The van der Waals surface area contributed by atoms with Crippen LogP contribution in [0.2, 0.25) is 0 Å². The summed E-state index contributed by atoms with van der Waals surface area (Å²) in [6.07, 6.45) is -1.04. The molecule has 1 fully saturated rings. The van der Waals surface area contributed by atoms with E-state index in [0.29, 0.717) is 35.7 Å². The largest absolute Gasteiger partial charge is 0.481 e. The summed E-state index contributed by atoms with van der Waals surface area (Å²) in [4.78, 5) is 24.0. The second-order valence-corrected chi connectivity index (χ2v) is 8.98. The third-order valence-electron chi connectivity index (χ3n) is 6.39. The van der Waals surface area contributed by atoms with Crippen LogP contribution in [0.25, 0.3) is 10.9 Å². The molecule has 4 rings (SSSR count). The summed E-state index contributed by atoms with van der Waals surface area (Å²) < 4.78 is 55.0. The SMILES string of the molecule is CC(CC1CC(C(=O)O)C1)NC(=O)c1c(F)ccc2ccn(Cc3ccc(C(F)(F)F)cc3)c12. The zero-order valence-corrected chi connectivity index (χ0v) is 18.4. The molecule has 1 aliphatic rings. The van der Waals surface area contributed by atoms with E-state index in [9.17, 15) is 27.2 Å². The van der Waals surface area contributed by atoms with Crippen molar-refractivity contribution in [3.05, 3.63) is 71.2 Å². The number of fused-ring (bicyclic) bond motifs is 1. The molecule has 5 nitrogen and oxygen atoms in total. The second-order valence-electron chi connectivity index (χ2n) is 8.98. The lowest BCUT2D eigenvalue weighted by Crippen LogP contribution is -2.38. The van der Waals surface area contributed by atoms with Crippen molar-refractivity contribution < 1.29 is 32.3 Å². The molecule has 3 aromatic rings. The van der Waals surface area contributed by atoms with Gasteiger partial charge in [-0.15, -0.1) is 0 Å². The summed E-state index contributed by atoms with van der Waals surface area (Å²) in [5.74, 6) is -2.24. The highest BCUT2D eigenvalue weighted by Crippen LogP contribution is 2.37. The highest BCUT2D eigenvalue weighted by Gasteiger charge is 2.35. The second kappa shape index (κ2) is 9.12. The Morgan fingerprint density at radius 1 is 1.12 bits per heavy atom. The van der Waals surface area contributed by atoms with Crippen LogP contribution in [0.15, 0.2) is 48.7 Å². The number of alkyl halides is 3. The fraction of sp³-hybridized carbons (Fsp3) is 0.360. The van der Waals surface area contributed by atoms with Crippen molar-refractivity contribution in [1.29, 1.82) is 0 Å². The number of carbonyl (C=O) groups is 2. The van der Waals surface area contributed by atoms with Crippen LogP contribution in [0.5, 0.6) is 0 Å². The van der Waals surface area contributed by atoms with Gasteiger partial charge in [-0.2, -0.15) is 13.2 Å². The van der Waals surface area contributed by atoms with Crippen molar-refractivity contribution in [2.75, 3.05) is 0 Å². The van der Waals surface area contributed by atoms with E-state index in [-0.39, 0.29) is 30.0 Å². The predicted molar refractivity (Wildman–Crippen MR) is 118 cm³/mol. The van der Waals surface area contributed by atoms with Crippen LogP contribution in [-0.4, -0.2) is 27.6 Å². The first kappa shape index (κ1) is 23.8. The van der Waals surface area contributed by atoms with Gasteiger partial charge in [-0.3, -0.25) is 9.59 Å². The number of aromatic nitrogens is 1. The Bertz CT molecular complexity index is 1210. The Hall–Kier alpha value is -3.36. The molecule has 9 heteroatoms. The van der Waals surface area contributed by atoms with Crippen molar-refractivity contribution >= 4 is 22.8 Å². The summed E-state index contributed by atoms with van der Waals surface area (Å²) in [5.41, 5.74) is 0.0553. The molecule has 0 saturated heterocycles. The number of nitrogens with one attached hydrogen (secondary N) is 1. The summed E-state index contributed by atoms with van der Waals surface area (Å²) in [6.45, 7) is 1.96. The molecule has 0 aliphatic heterocycles. The number of amides is 1. The number of nitrogens with zero attached hydrogens (tertiary/aromatic N) is 1. The lowest BCUT2D eigenvalue weighted by Gasteiger charge is -2.34. The lowest BCUT2D eigenvalue weighted by molar-refractivity contribution is -0.146. The number of rotatable bonds is 7. The zero-order chi connectivity index (χ0) is 24.6. The Morgan fingerprint density at radius 2 is 1.79 bits per heavy atom. The van der Waals surface area contributed by atoms with Crippen LogP contribution >= 0.6 is 0 Å². The molecule has 0 radical (unpaired) electrons. The summed E-state index contributed by atoms with van der Waals surface area (Å²) in [6, 6.07) is 8.91. The van der Waals surface area contributed by atoms with Crippen LogP contribution < -0.4 is 5.32 Å². The van der Waals surface area contributed by atoms with Crippen LogP contribution in [0.1, 0.15) is 47.7 Å². The van der Waals surface area contributed by atoms with Gasteiger partial charge in [0.05, 0.1) is 22.6 Å². The van der Waals surface area contributed by atoms with Gasteiger partial charge < -0.3 is 15.0 Å². The minimum absolute atomic E-state index is 0.127. The van der Waals surface area contributed by atoms with E-state index in [1.54, 1.807) is 29.8 Å². The van der Waals surface area contributed by atoms with Gasteiger partial charge in [-0.25, -0.2) is 4.39 Å². The Balaban J connectivity index is 1.52. The molecule has 2 N–H and O–H groups in total. The van der Waals surface area contributed by atoms with Gasteiger partial charge in [0.25, 0.3) is 5.91 Å². The van der Waals surface area contributed by atoms with Crippen molar-refractivity contribution in [2.24, 2.45) is 11.8 Å². The molecule has 1 aromatic heterocycles. The fourth-order valence-corrected chi connectivity index (χ4v) is 4.60. The van der Waals surface area contributed by atoms with Gasteiger partial charge in [0, 0.05) is 24.2 Å². The first-order valence-corrected chi connectivity index (χ1v) is 11.0. The Labute approximate surface area is 193 Å².